The number of nitrogens with zero attached hydrogens (tertiary/aromatic N) is 1. The molecule has 2 aliphatic rings. The summed E-state index contributed by atoms with van der Waals surface area (Å²) in [7, 11) is 0. The molecule has 1 aliphatic heterocycles. The number of nitrogens with two attached hydrogens (primary N) is 1. The molecule has 1 saturated carbocycles. The summed E-state index contributed by atoms with van der Waals surface area (Å²) in [6.45, 7) is 2.71. The molecule has 1 heterocycles. The van der Waals surface area contributed by atoms with E-state index in [1.165, 1.54) is 44.9 Å². The van der Waals surface area contributed by atoms with Crippen LogP contribution in [0.3, 0.4) is 0 Å². The molecule has 1 amide bonds. The molecule has 3 nitrogen and oxygen atoms in total. The number of piperidine rings is 1. The summed E-state index contributed by atoms with van der Waals surface area (Å²) < 4.78 is 0. The van der Waals surface area contributed by atoms with Crippen molar-refractivity contribution in [1.29, 1.82) is 0 Å². The Morgan fingerprint density at radius 2 is 1.67 bits per heavy atom. The number of rotatable bonds is 4. The van der Waals surface area contributed by atoms with Crippen LogP contribution >= 0.6 is 0 Å². The molecule has 1 saturated heterocycles. The lowest BCUT2D eigenvalue weighted by molar-refractivity contribution is -0.134. The highest BCUT2D eigenvalue weighted by atomic mass is 16.2. The van der Waals surface area contributed by atoms with E-state index in [2.05, 4.69) is 4.90 Å². The molecule has 0 bridgehead atoms. The van der Waals surface area contributed by atoms with Crippen molar-refractivity contribution in [1.82, 2.24) is 4.90 Å². The zero-order valence-corrected chi connectivity index (χ0v) is 11.6. The Balaban J connectivity index is 1.73. The molecule has 104 valence electrons. The first kappa shape index (κ1) is 13.9. The van der Waals surface area contributed by atoms with Gasteiger partial charge in [-0.05, 0) is 50.5 Å². The number of carbonyl (C=O) groups excluding carboxylic acids is 1. The van der Waals surface area contributed by atoms with Crippen molar-refractivity contribution in [3.63, 3.8) is 0 Å². The number of carbonyl (C=O) groups is 1. The molecule has 1 spiro atoms. The monoisotopic (exact) mass is 252 g/mol. The fourth-order valence-electron chi connectivity index (χ4n) is 3.61. The highest BCUT2D eigenvalue weighted by Crippen LogP contribution is 2.44. The van der Waals surface area contributed by atoms with E-state index in [4.69, 9.17) is 5.73 Å². The van der Waals surface area contributed by atoms with Crippen molar-refractivity contribution in [2.75, 3.05) is 19.6 Å². The molecule has 2 rings (SSSR count). The predicted octanol–water partition coefficient (Wildman–Crippen LogP) is 2.69. The maximum atomic E-state index is 12.0. The van der Waals surface area contributed by atoms with Crippen LogP contribution < -0.4 is 5.73 Å². The van der Waals surface area contributed by atoms with E-state index in [1.54, 1.807) is 0 Å². The van der Waals surface area contributed by atoms with Crippen LogP contribution in [-0.2, 0) is 4.79 Å². The normalized spacial score (nSPS) is 23.3. The van der Waals surface area contributed by atoms with Gasteiger partial charge in [0.1, 0.15) is 0 Å². The van der Waals surface area contributed by atoms with E-state index >= 15 is 0 Å². The average molecular weight is 252 g/mol. The Kier molecular flexibility index (Phi) is 5.04. The fourth-order valence-corrected chi connectivity index (χ4v) is 3.61. The molecule has 0 aromatic carbocycles. The van der Waals surface area contributed by atoms with Crippen LogP contribution in [0.1, 0.15) is 64.2 Å². The standard InChI is InChI=1S/C15H28N2O/c16-11-5-2-6-14(18)17-12-9-15(10-13-17)7-3-1-4-8-15/h1-13,16H2. The highest BCUT2D eigenvalue weighted by molar-refractivity contribution is 5.76. The predicted molar refractivity (Wildman–Crippen MR) is 74.2 cm³/mol. The maximum Gasteiger partial charge on any atom is 0.222 e. The first-order valence-corrected chi connectivity index (χ1v) is 7.74. The van der Waals surface area contributed by atoms with Crippen LogP contribution in [0.2, 0.25) is 0 Å². The van der Waals surface area contributed by atoms with Gasteiger partial charge in [-0.3, -0.25) is 4.79 Å². The van der Waals surface area contributed by atoms with Crippen LogP contribution in [0.4, 0.5) is 0 Å². The topological polar surface area (TPSA) is 46.3 Å². The Morgan fingerprint density at radius 3 is 2.28 bits per heavy atom. The number of likely N-dealkylation sites (tertiary alicyclic amines) is 1. The minimum Gasteiger partial charge on any atom is -0.343 e. The second-order valence-corrected chi connectivity index (χ2v) is 6.19. The minimum absolute atomic E-state index is 0.356. The maximum absolute atomic E-state index is 12.0. The quantitative estimate of drug-likeness (QED) is 0.782. The number of hydrogen-bond acceptors (Lipinski definition) is 2. The van der Waals surface area contributed by atoms with Crippen LogP contribution in [0.5, 0.6) is 0 Å². The third-order valence-electron chi connectivity index (χ3n) is 4.94. The van der Waals surface area contributed by atoms with Gasteiger partial charge in [0.05, 0.1) is 0 Å². The van der Waals surface area contributed by atoms with Gasteiger partial charge in [-0.15, -0.1) is 0 Å². The van der Waals surface area contributed by atoms with Crippen molar-refractivity contribution in [2.24, 2.45) is 11.1 Å². The Hall–Kier alpha value is -0.570. The molecule has 0 unspecified atom stereocenters. The zero-order chi connectivity index (χ0) is 12.8. The van der Waals surface area contributed by atoms with Crippen molar-refractivity contribution in [2.45, 2.75) is 64.2 Å². The lowest BCUT2D eigenvalue weighted by atomic mass is 9.68. The number of hydrogen-bond donors (Lipinski definition) is 1. The van der Waals surface area contributed by atoms with Crippen LogP contribution in [-0.4, -0.2) is 30.4 Å². The van der Waals surface area contributed by atoms with Crippen LogP contribution in [0.25, 0.3) is 0 Å². The van der Waals surface area contributed by atoms with Crippen molar-refractivity contribution in [3.8, 4) is 0 Å². The van der Waals surface area contributed by atoms with Crippen LogP contribution in [0.15, 0.2) is 0 Å². The molecule has 0 aromatic heterocycles. The van der Waals surface area contributed by atoms with E-state index in [9.17, 15) is 4.79 Å². The van der Waals surface area contributed by atoms with Gasteiger partial charge in [0.2, 0.25) is 5.91 Å². The smallest absolute Gasteiger partial charge is 0.222 e. The number of amides is 1. The Bertz CT molecular complexity index is 262. The van der Waals surface area contributed by atoms with Gasteiger partial charge in [-0.25, -0.2) is 0 Å². The van der Waals surface area contributed by atoms with Gasteiger partial charge in [0.25, 0.3) is 0 Å². The second-order valence-electron chi connectivity index (χ2n) is 6.19. The average Bonchev–Trinajstić information content (AvgIpc) is 2.41. The van der Waals surface area contributed by atoms with Gasteiger partial charge in [0.15, 0.2) is 0 Å². The summed E-state index contributed by atoms with van der Waals surface area (Å²) >= 11 is 0. The Morgan fingerprint density at radius 1 is 1.00 bits per heavy atom. The molecule has 0 aromatic rings. The van der Waals surface area contributed by atoms with Gasteiger partial charge in [-0.2, -0.15) is 0 Å². The summed E-state index contributed by atoms with van der Waals surface area (Å²) in [6.07, 6.45) is 12.2. The van der Waals surface area contributed by atoms with E-state index in [1.807, 2.05) is 0 Å². The molecule has 0 atom stereocenters. The SMILES string of the molecule is NCCCCC(=O)N1CCC2(CCCCC2)CC1. The van der Waals surface area contributed by atoms with Gasteiger partial charge in [-0.1, -0.05) is 19.3 Å². The first-order valence-electron chi connectivity index (χ1n) is 7.74. The van der Waals surface area contributed by atoms with E-state index in [-0.39, 0.29) is 0 Å². The van der Waals surface area contributed by atoms with E-state index < -0.39 is 0 Å². The third kappa shape index (κ3) is 3.47. The van der Waals surface area contributed by atoms with Crippen molar-refractivity contribution in [3.05, 3.63) is 0 Å². The lowest BCUT2D eigenvalue weighted by Crippen LogP contribution is -2.43. The summed E-state index contributed by atoms with van der Waals surface area (Å²) in [5, 5.41) is 0. The lowest BCUT2D eigenvalue weighted by Gasteiger charge is -2.44. The van der Waals surface area contributed by atoms with Crippen molar-refractivity contribution < 1.29 is 4.79 Å². The molecule has 2 N–H and O–H groups in total. The molecular formula is C15H28N2O. The third-order valence-corrected chi connectivity index (χ3v) is 4.94. The molecule has 18 heavy (non-hydrogen) atoms. The second kappa shape index (κ2) is 6.55. The summed E-state index contributed by atoms with van der Waals surface area (Å²) in [5.41, 5.74) is 6.07. The fraction of sp³-hybridized carbons (Fsp3) is 0.933. The van der Waals surface area contributed by atoms with E-state index in [0.29, 0.717) is 24.3 Å². The molecule has 0 radical (unpaired) electrons. The van der Waals surface area contributed by atoms with E-state index in [0.717, 1.165) is 25.9 Å². The Labute approximate surface area is 111 Å². The molecular weight excluding hydrogens is 224 g/mol. The van der Waals surface area contributed by atoms with Gasteiger partial charge < -0.3 is 10.6 Å². The first-order chi connectivity index (χ1) is 8.76. The number of unbranched alkanes of at least 4 members (excludes halogenated alkanes) is 1. The summed E-state index contributed by atoms with van der Waals surface area (Å²) in [5.74, 6) is 0.356. The highest BCUT2D eigenvalue weighted by Gasteiger charge is 2.36. The summed E-state index contributed by atoms with van der Waals surface area (Å²) in [6, 6.07) is 0. The molecule has 1 aliphatic carbocycles. The zero-order valence-electron chi connectivity index (χ0n) is 11.6. The minimum atomic E-state index is 0.356. The van der Waals surface area contributed by atoms with Crippen molar-refractivity contribution >= 4 is 5.91 Å². The van der Waals surface area contributed by atoms with Gasteiger partial charge >= 0.3 is 0 Å². The summed E-state index contributed by atoms with van der Waals surface area (Å²) in [4.78, 5) is 14.1. The van der Waals surface area contributed by atoms with Gasteiger partial charge in [0, 0.05) is 19.5 Å². The largest absolute Gasteiger partial charge is 0.343 e. The molecule has 2 fully saturated rings. The molecule has 3 heteroatoms. The van der Waals surface area contributed by atoms with Crippen LogP contribution in [0, 0.1) is 5.41 Å².